The van der Waals surface area contributed by atoms with Gasteiger partial charge in [-0.25, -0.2) is 0 Å². The first-order valence-corrected chi connectivity index (χ1v) is 7.43. The van der Waals surface area contributed by atoms with Crippen molar-refractivity contribution >= 4 is 0 Å². The van der Waals surface area contributed by atoms with Gasteiger partial charge in [-0.2, -0.15) is 0 Å². The number of hydrogen-bond acceptors (Lipinski definition) is 2. The van der Waals surface area contributed by atoms with Crippen molar-refractivity contribution in [1.29, 1.82) is 0 Å². The number of hydrogen-bond donors (Lipinski definition) is 1. The summed E-state index contributed by atoms with van der Waals surface area (Å²) in [4.78, 5) is 2.70. The molecule has 1 aliphatic carbocycles. The van der Waals surface area contributed by atoms with Crippen molar-refractivity contribution in [2.75, 3.05) is 26.2 Å². The van der Waals surface area contributed by atoms with Gasteiger partial charge in [0.15, 0.2) is 0 Å². The maximum absolute atomic E-state index is 5.88. The van der Waals surface area contributed by atoms with Crippen LogP contribution in [0.4, 0.5) is 0 Å². The van der Waals surface area contributed by atoms with Gasteiger partial charge < -0.3 is 10.6 Å². The van der Waals surface area contributed by atoms with Crippen LogP contribution in [0.5, 0.6) is 0 Å². The maximum Gasteiger partial charge on any atom is 0.00153 e. The third-order valence-corrected chi connectivity index (χ3v) is 5.11. The van der Waals surface area contributed by atoms with Gasteiger partial charge >= 0.3 is 0 Å². The maximum atomic E-state index is 5.88. The molecule has 0 aromatic rings. The number of rotatable bonds is 3. The van der Waals surface area contributed by atoms with Crippen molar-refractivity contribution in [3.8, 4) is 0 Å². The van der Waals surface area contributed by atoms with Crippen LogP contribution >= 0.6 is 0 Å². The predicted molar refractivity (Wildman–Crippen MR) is 73.9 cm³/mol. The van der Waals surface area contributed by atoms with E-state index in [0.29, 0.717) is 5.41 Å². The first-order chi connectivity index (χ1) is 8.00. The zero-order chi connectivity index (χ0) is 12.5. The van der Waals surface area contributed by atoms with Crippen molar-refractivity contribution in [1.82, 2.24) is 4.90 Å². The minimum absolute atomic E-state index is 0.484. The lowest BCUT2D eigenvalue weighted by atomic mass is 9.80. The molecule has 17 heavy (non-hydrogen) atoms. The lowest BCUT2D eigenvalue weighted by Gasteiger charge is -2.28. The Morgan fingerprint density at radius 3 is 2.41 bits per heavy atom. The normalized spacial score (nSPS) is 35.6. The smallest absolute Gasteiger partial charge is 0.00153 e. The van der Waals surface area contributed by atoms with E-state index in [1.807, 2.05) is 0 Å². The van der Waals surface area contributed by atoms with E-state index in [2.05, 4.69) is 25.7 Å². The standard InChI is InChI=1S/C15H30N2/c1-15(2,3)14-7-8-17(11-14)10-13-6-4-5-12(13)9-16/h12-14H,4-11,16H2,1-3H3. The van der Waals surface area contributed by atoms with Crippen LogP contribution in [0, 0.1) is 23.2 Å². The summed E-state index contributed by atoms with van der Waals surface area (Å²) in [6, 6.07) is 0. The summed E-state index contributed by atoms with van der Waals surface area (Å²) < 4.78 is 0. The summed E-state index contributed by atoms with van der Waals surface area (Å²) in [7, 11) is 0. The second-order valence-corrected chi connectivity index (χ2v) is 7.30. The molecule has 0 amide bonds. The van der Waals surface area contributed by atoms with E-state index in [4.69, 9.17) is 5.73 Å². The average molecular weight is 238 g/mol. The second-order valence-electron chi connectivity index (χ2n) is 7.30. The number of nitrogens with two attached hydrogens (primary N) is 1. The van der Waals surface area contributed by atoms with Crippen LogP contribution in [-0.4, -0.2) is 31.1 Å². The Kier molecular flexibility index (Phi) is 4.14. The first-order valence-electron chi connectivity index (χ1n) is 7.43. The number of nitrogens with zero attached hydrogens (tertiary/aromatic N) is 1. The SMILES string of the molecule is CC(C)(C)C1CCN(CC2CCCC2CN)C1. The summed E-state index contributed by atoms with van der Waals surface area (Å²) in [5.41, 5.74) is 6.36. The van der Waals surface area contributed by atoms with Crippen LogP contribution < -0.4 is 5.73 Å². The molecule has 2 N–H and O–H groups in total. The molecule has 2 aliphatic rings. The molecular weight excluding hydrogens is 208 g/mol. The summed E-state index contributed by atoms with van der Waals surface area (Å²) in [5, 5.41) is 0. The first kappa shape index (κ1) is 13.4. The Balaban J connectivity index is 1.81. The van der Waals surface area contributed by atoms with Crippen LogP contribution in [-0.2, 0) is 0 Å². The van der Waals surface area contributed by atoms with E-state index in [0.717, 1.165) is 24.3 Å². The van der Waals surface area contributed by atoms with E-state index in [-0.39, 0.29) is 0 Å². The van der Waals surface area contributed by atoms with Gasteiger partial charge in [0.1, 0.15) is 0 Å². The average Bonchev–Trinajstić information content (AvgIpc) is 2.86. The van der Waals surface area contributed by atoms with Crippen molar-refractivity contribution in [3.63, 3.8) is 0 Å². The molecule has 0 bridgehead atoms. The molecule has 1 heterocycles. The van der Waals surface area contributed by atoms with Gasteiger partial charge in [0.25, 0.3) is 0 Å². The monoisotopic (exact) mass is 238 g/mol. The van der Waals surface area contributed by atoms with E-state index in [1.165, 1.54) is 45.3 Å². The lowest BCUT2D eigenvalue weighted by molar-refractivity contribution is 0.201. The fourth-order valence-corrected chi connectivity index (χ4v) is 3.70. The third-order valence-electron chi connectivity index (χ3n) is 5.11. The molecule has 1 saturated heterocycles. The minimum atomic E-state index is 0.484. The Morgan fingerprint density at radius 2 is 1.82 bits per heavy atom. The van der Waals surface area contributed by atoms with E-state index in [9.17, 15) is 0 Å². The molecule has 100 valence electrons. The Labute approximate surface area is 107 Å². The molecular formula is C15H30N2. The molecule has 2 heteroatoms. The third kappa shape index (κ3) is 3.23. The summed E-state index contributed by atoms with van der Waals surface area (Å²) in [5.74, 6) is 2.59. The molecule has 0 aromatic heterocycles. The zero-order valence-corrected chi connectivity index (χ0v) is 11.9. The van der Waals surface area contributed by atoms with Crippen molar-refractivity contribution in [3.05, 3.63) is 0 Å². The van der Waals surface area contributed by atoms with Crippen LogP contribution in [0.2, 0.25) is 0 Å². The summed E-state index contributed by atoms with van der Waals surface area (Å²) in [6.07, 6.45) is 5.59. The van der Waals surface area contributed by atoms with Gasteiger partial charge in [0.2, 0.25) is 0 Å². The molecule has 0 spiro atoms. The Morgan fingerprint density at radius 1 is 1.12 bits per heavy atom. The predicted octanol–water partition coefficient (Wildman–Crippen LogP) is 2.73. The van der Waals surface area contributed by atoms with Gasteiger partial charge in [0.05, 0.1) is 0 Å². The van der Waals surface area contributed by atoms with E-state index < -0.39 is 0 Å². The van der Waals surface area contributed by atoms with E-state index in [1.54, 1.807) is 0 Å². The molecule has 2 fully saturated rings. The fourth-order valence-electron chi connectivity index (χ4n) is 3.70. The van der Waals surface area contributed by atoms with Crippen LogP contribution in [0.25, 0.3) is 0 Å². The highest BCUT2D eigenvalue weighted by Crippen LogP contribution is 2.36. The Bertz CT molecular complexity index is 244. The molecule has 3 atom stereocenters. The van der Waals surface area contributed by atoms with Gasteiger partial charge in [-0.1, -0.05) is 27.2 Å². The van der Waals surface area contributed by atoms with Crippen LogP contribution in [0.15, 0.2) is 0 Å². The molecule has 2 nitrogen and oxygen atoms in total. The molecule has 0 aromatic carbocycles. The summed E-state index contributed by atoms with van der Waals surface area (Å²) >= 11 is 0. The van der Waals surface area contributed by atoms with Crippen molar-refractivity contribution in [2.24, 2.45) is 28.9 Å². The van der Waals surface area contributed by atoms with Crippen LogP contribution in [0.1, 0.15) is 46.5 Å². The van der Waals surface area contributed by atoms with Gasteiger partial charge in [0, 0.05) is 13.1 Å². The highest BCUT2D eigenvalue weighted by molar-refractivity contribution is 4.87. The highest BCUT2D eigenvalue weighted by Gasteiger charge is 2.34. The van der Waals surface area contributed by atoms with Crippen LogP contribution in [0.3, 0.4) is 0 Å². The van der Waals surface area contributed by atoms with Crippen molar-refractivity contribution in [2.45, 2.75) is 46.5 Å². The molecule has 2 rings (SSSR count). The molecule has 1 aliphatic heterocycles. The quantitative estimate of drug-likeness (QED) is 0.819. The van der Waals surface area contributed by atoms with Gasteiger partial charge in [-0.3, -0.25) is 0 Å². The van der Waals surface area contributed by atoms with Gasteiger partial charge in [-0.15, -0.1) is 0 Å². The minimum Gasteiger partial charge on any atom is -0.330 e. The molecule has 3 unspecified atom stereocenters. The highest BCUT2D eigenvalue weighted by atomic mass is 15.1. The van der Waals surface area contributed by atoms with E-state index >= 15 is 0 Å². The molecule has 0 radical (unpaired) electrons. The van der Waals surface area contributed by atoms with Gasteiger partial charge in [-0.05, 0) is 55.5 Å². The zero-order valence-electron chi connectivity index (χ0n) is 11.9. The summed E-state index contributed by atoms with van der Waals surface area (Å²) in [6.45, 7) is 12.0. The topological polar surface area (TPSA) is 29.3 Å². The largest absolute Gasteiger partial charge is 0.330 e. The number of likely N-dealkylation sites (tertiary alicyclic amines) is 1. The second kappa shape index (κ2) is 5.27. The molecule has 1 saturated carbocycles. The Hall–Kier alpha value is -0.0800. The lowest BCUT2D eigenvalue weighted by Crippen LogP contribution is -2.33. The fraction of sp³-hybridized carbons (Fsp3) is 1.00. The van der Waals surface area contributed by atoms with Crippen molar-refractivity contribution < 1.29 is 0 Å².